The van der Waals surface area contributed by atoms with E-state index in [2.05, 4.69) is 21.2 Å². The number of nitrogens with zero attached hydrogens (tertiary/aromatic N) is 1. The highest BCUT2D eigenvalue weighted by Gasteiger charge is 2.11. The van der Waals surface area contributed by atoms with Crippen molar-refractivity contribution in [2.45, 2.75) is 26.8 Å². The second kappa shape index (κ2) is 6.72. The number of aryl methyl sites for hydroxylation is 2. The van der Waals surface area contributed by atoms with Gasteiger partial charge in [0.1, 0.15) is 0 Å². The van der Waals surface area contributed by atoms with Crippen molar-refractivity contribution in [2.75, 3.05) is 5.32 Å². The summed E-state index contributed by atoms with van der Waals surface area (Å²) in [6, 6.07) is 8.62. The maximum absolute atomic E-state index is 12.3. The van der Waals surface area contributed by atoms with Crippen molar-refractivity contribution in [1.82, 2.24) is 4.57 Å². The fraction of sp³-hybridized carbons (Fsp3) is 0.250. The SMILES string of the molecule is CCCn1cc(NC(=O)c2cccc(C)c2Br)ccc1=O. The van der Waals surface area contributed by atoms with Crippen molar-refractivity contribution in [3.05, 3.63) is 62.5 Å². The molecular weight excluding hydrogens is 332 g/mol. The average Bonchev–Trinajstić information content (AvgIpc) is 2.45. The molecule has 0 radical (unpaired) electrons. The molecule has 110 valence electrons. The van der Waals surface area contributed by atoms with Gasteiger partial charge in [0.2, 0.25) is 0 Å². The van der Waals surface area contributed by atoms with E-state index < -0.39 is 0 Å². The van der Waals surface area contributed by atoms with Crippen LogP contribution < -0.4 is 10.9 Å². The van der Waals surface area contributed by atoms with Gasteiger partial charge in [-0.15, -0.1) is 0 Å². The highest BCUT2D eigenvalue weighted by molar-refractivity contribution is 9.10. The Labute approximate surface area is 131 Å². The molecular formula is C16H17BrN2O2. The third kappa shape index (κ3) is 3.61. The van der Waals surface area contributed by atoms with Crippen LogP contribution in [0.1, 0.15) is 29.3 Å². The van der Waals surface area contributed by atoms with Crippen LogP contribution in [0.3, 0.4) is 0 Å². The van der Waals surface area contributed by atoms with Gasteiger partial charge in [-0.3, -0.25) is 9.59 Å². The van der Waals surface area contributed by atoms with Crippen molar-refractivity contribution in [1.29, 1.82) is 0 Å². The molecule has 0 aliphatic rings. The number of carbonyl (C=O) groups is 1. The zero-order valence-electron chi connectivity index (χ0n) is 12.0. The van der Waals surface area contributed by atoms with Gasteiger partial charge >= 0.3 is 0 Å². The summed E-state index contributed by atoms with van der Waals surface area (Å²) in [5, 5.41) is 2.82. The minimum Gasteiger partial charge on any atom is -0.321 e. The Morgan fingerprint density at radius 2 is 2.05 bits per heavy atom. The fourth-order valence-electron chi connectivity index (χ4n) is 2.04. The molecule has 21 heavy (non-hydrogen) atoms. The van der Waals surface area contributed by atoms with Crippen molar-refractivity contribution in [3.63, 3.8) is 0 Å². The largest absolute Gasteiger partial charge is 0.321 e. The molecule has 0 aliphatic heterocycles. The van der Waals surface area contributed by atoms with Gasteiger partial charge in [-0.1, -0.05) is 19.1 Å². The van der Waals surface area contributed by atoms with Crippen LogP contribution in [-0.4, -0.2) is 10.5 Å². The van der Waals surface area contributed by atoms with E-state index in [0.717, 1.165) is 16.5 Å². The maximum Gasteiger partial charge on any atom is 0.256 e. The minimum atomic E-state index is -0.202. The Kier molecular flexibility index (Phi) is 4.96. The molecule has 0 fully saturated rings. The van der Waals surface area contributed by atoms with E-state index in [4.69, 9.17) is 0 Å². The number of aromatic nitrogens is 1. The average molecular weight is 349 g/mol. The van der Waals surface area contributed by atoms with Crippen LogP contribution >= 0.6 is 15.9 Å². The molecule has 0 atom stereocenters. The number of nitrogens with one attached hydrogen (secondary N) is 1. The van der Waals surface area contributed by atoms with E-state index in [9.17, 15) is 9.59 Å². The number of hydrogen-bond acceptors (Lipinski definition) is 2. The monoisotopic (exact) mass is 348 g/mol. The molecule has 0 bridgehead atoms. The van der Waals surface area contributed by atoms with Crippen molar-refractivity contribution < 1.29 is 4.79 Å². The van der Waals surface area contributed by atoms with Gasteiger partial charge in [0, 0.05) is 23.3 Å². The highest BCUT2D eigenvalue weighted by atomic mass is 79.9. The zero-order chi connectivity index (χ0) is 15.4. The summed E-state index contributed by atoms with van der Waals surface area (Å²) in [5.41, 5.74) is 2.12. The molecule has 2 rings (SSSR count). The van der Waals surface area contributed by atoms with Gasteiger partial charge in [-0.2, -0.15) is 0 Å². The second-order valence-electron chi connectivity index (χ2n) is 4.84. The molecule has 0 saturated heterocycles. The van der Waals surface area contributed by atoms with E-state index in [1.165, 1.54) is 6.07 Å². The van der Waals surface area contributed by atoms with Crippen LogP contribution in [0.2, 0.25) is 0 Å². The standard InChI is InChI=1S/C16H17BrN2O2/c1-3-9-19-10-12(7-8-14(19)20)18-16(21)13-6-4-5-11(2)15(13)17/h4-8,10H,3,9H2,1-2H3,(H,18,21). The first-order chi connectivity index (χ1) is 10.0. The van der Waals surface area contributed by atoms with Crippen molar-refractivity contribution in [2.24, 2.45) is 0 Å². The molecule has 2 aromatic rings. The summed E-state index contributed by atoms with van der Waals surface area (Å²) in [4.78, 5) is 24.0. The predicted molar refractivity (Wildman–Crippen MR) is 87.8 cm³/mol. The van der Waals surface area contributed by atoms with E-state index in [1.807, 2.05) is 26.0 Å². The first kappa shape index (κ1) is 15.5. The third-order valence-electron chi connectivity index (χ3n) is 3.14. The van der Waals surface area contributed by atoms with Gasteiger partial charge in [0.05, 0.1) is 11.3 Å². The Morgan fingerprint density at radius 3 is 2.76 bits per heavy atom. The molecule has 1 heterocycles. The van der Waals surface area contributed by atoms with Gasteiger partial charge in [-0.25, -0.2) is 0 Å². The molecule has 0 aliphatic carbocycles. The summed E-state index contributed by atoms with van der Waals surface area (Å²) >= 11 is 3.43. The molecule has 4 nitrogen and oxygen atoms in total. The number of halogens is 1. The van der Waals surface area contributed by atoms with Crippen molar-refractivity contribution in [3.8, 4) is 0 Å². The predicted octanol–water partition coefficient (Wildman–Crippen LogP) is 3.58. The Morgan fingerprint density at radius 1 is 1.29 bits per heavy atom. The number of amides is 1. The van der Waals surface area contributed by atoms with Crippen LogP contribution in [0.25, 0.3) is 0 Å². The topological polar surface area (TPSA) is 51.1 Å². The first-order valence-corrected chi connectivity index (χ1v) is 7.59. The third-order valence-corrected chi connectivity index (χ3v) is 4.19. The normalized spacial score (nSPS) is 10.4. The van der Waals surface area contributed by atoms with Gasteiger partial charge in [0.15, 0.2) is 0 Å². The summed E-state index contributed by atoms with van der Waals surface area (Å²) in [6.45, 7) is 4.57. The smallest absolute Gasteiger partial charge is 0.256 e. The lowest BCUT2D eigenvalue weighted by atomic mass is 10.1. The Balaban J connectivity index is 2.25. The lowest BCUT2D eigenvalue weighted by molar-refractivity contribution is 0.102. The summed E-state index contributed by atoms with van der Waals surface area (Å²) in [5.74, 6) is -0.202. The van der Waals surface area contributed by atoms with E-state index in [-0.39, 0.29) is 11.5 Å². The van der Waals surface area contributed by atoms with Gasteiger partial charge in [-0.05, 0) is 47.0 Å². The lowest BCUT2D eigenvalue weighted by Crippen LogP contribution is -2.20. The number of carbonyl (C=O) groups excluding carboxylic acids is 1. The lowest BCUT2D eigenvalue weighted by Gasteiger charge is -2.10. The molecule has 1 aromatic carbocycles. The van der Waals surface area contributed by atoms with E-state index in [1.54, 1.807) is 22.9 Å². The zero-order valence-corrected chi connectivity index (χ0v) is 13.6. The number of benzene rings is 1. The van der Waals surface area contributed by atoms with Gasteiger partial charge < -0.3 is 9.88 Å². The quantitative estimate of drug-likeness (QED) is 0.917. The van der Waals surface area contributed by atoms with Crippen LogP contribution in [0.4, 0.5) is 5.69 Å². The minimum absolute atomic E-state index is 0.0633. The second-order valence-corrected chi connectivity index (χ2v) is 5.63. The Bertz CT molecular complexity index is 722. The summed E-state index contributed by atoms with van der Waals surface area (Å²) in [7, 11) is 0. The number of anilines is 1. The first-order valence-electron chi connectivity index (χ1n) is 6.80. The van der Waals surface area contributed by atoms with Crippen LogP contribution in [-0.2, 0) is 6.54 Å². The molecule has 5 heteroatoms. The van der Waals surface area contributed by atoms with Crippen molar-refractivity contribution >= 4 is 27.5 Å². The maximum atomic E-state index is 12.3. The van der Waals surface area contributed by atoms with E-state index in [0.29, 0.717) is 17.8 Å². The molecule has 0 spiro atoms. The van der Waals surface area contributed by atoms with Crippen LogP contribution in [0, 0.1) is 6.92 Å². The fourth-order valence-corrected chi connectivity index (χ4v) is 2.49. The molecule has 1 N–H and O–H groups in total. The number of rotatable bonds is 4. The van der Waals surface area contributed by atoms with Crippen LogP contribution in [0.5, 0.6) is 0 Å². The molecule has 0 saturated carbocycles. The number of pyridine rings is 1. The van der Waals surface area contributed by atoms with Gasteiger partial charge in [0.25, 0.3) is 11.5 Å². The summed E-state index contributed by atoms with van der Waals surface area (Å²) < 4.78 is 2.38. The highest BCUT2D eigenvalue weighted by Crippen LogP contribution is 2.22. The Hall–Kier alpha value is -1.88. The number of hydrogen-bond donors (Lipinski definition) is 1. The van der Waals surface area contributed by atoms with E-state index >= 15 is 0 Å². The molecule has 0 unspecified atom stereocenters. The molecule has 1 amide bonds. The molecule has 1 aromatic heterocycles. The summed E-state index contributed by atoms with van der Waals surface area (Å²) in [6.07, 6.45) is 2.54. The van der Waals surface area contributed by atoms with Crippen LogP contribution in [0.15, 0.2) is 45.8 Å².